The summed E-state index contributed by atoms with van der Waals surface area (Å²) in [6.45, 7) is 1.96. The predicted molar refractivity (Wildman–Crippen MR) is 106 cm³/mol. The smallest absolute Gasteiger partial charge is 0.227 e. The molecule has 0 saturated heterocycles. The van der Waals surface area contributed by atoms with E-state index in [4.69, 9.17) is 4.42 Å². The van der Waals surface area contributed by atoms with Crippen molar-refractivity contribution in [2.24, 2.45) is 0 Å². The van der Waals surface area contributed by atoms with Gasteiger partial charge in [0.2, 0.25) is 5.71 Å². The number of benzene rings is 2. The number of nitrogens with zero attached hydrogens (tertiary/aromatic N) is 1. The van der Waals surface area contributed by atoms with Crippen LogP contribution in [0.1, 0.15) is 22.9 Å². The van der Waals surface area contributed by atoms with Crippen LogP contribution in [-0.4, -0.2) is 4.98 Å². The van der Waals surface area contributed by atoms with E-state index in [1.807, 2.05) is 31.3 Å². The Hall–Kier alpha value is -3.40. The molecule has 3 heterocycles. The molecular formula is C23H17FN2O. The monoisotopic (exact) mass is 356 g/mol. The second-order valence-corrected chi connectivity index (χ2v) is 6.74. The van der Waals surface area contributed by atoms with Gasteiger partial charge in [-0.25, -0.2) is 9.37 Å². The lowest BCUT2D eigenvalue weighted by atomic mass is 9.96. The van der Waals surface area contributed by atoms with Gasteiger partial charge in [0.1, 0.15) is 11.4 Å². The van der Waals surface area contributed by atoms with Crippen LogP contribution < -0.4 is 5.32 Å². The van der Waals surface area contributed by atoms with E-state index in [9.17, 15) is 4.39 Å². The lowest BCUT2D eigenvalue weighted by Gasteiger charge is -2.20. The molecule has 1 unspecified atom stereocenters. The Morgan fingerprint density at radius 1 is 1.00 bits per heavy atom. The van der Waals surface area contributed by atoms with Crippen LogP contribution in [0.25, 0.3) is 27.6 Å². The number of allylic oxidation sites excluding steroid dienone is 2. The van der Waals surface area contributed by atoms with E-state index in [0.29, 0.717) is 5.71 Å². The molecule has 0 radical (unpaired) electrons. The van der Waals surface area contributed by atoms with Crippen LogP contribution >= 0.6 is 0 Å². The van der Waals surface area contributed by atoms with Crippen molar-refractivity contribution in [1.82, 2.24) is 10.3 Å². The Balaban J connectivity index is 1.63. The third-order valence-corrected chi connectivity index (χ3v) is 4.93. The normalized spacial score (nSPS) is 16.5. The molecule has 1 aliphatic rings. The highest BCUT2D eigenvalue weighted by molar-refractivity contribution is 6.04. The molecule has 2 aromatic heterocycles. The number of pyridine rings is 1. The molecule has 1 atom stereocenters. The zero-order chi connectivity index (χ0) is 18.4. The number of halogens is 1. The number of rotatable bonds is 2. The number of aromatic nitrogens is 1. The maximum absolute atomic E-state index is 13.2. The van der Waals surface area contributed by atoms with Gasteiger partial charge in [-0.1, -0.05) is 30.3 Å². The summed E-state index contributed by atoms with van der Waals surface area (Å²) in [5.74, 6) is -0.233. The van der Waals surface area contributed by atoms with Gasteiger partial charge in [-0.2, -0.15) is 0 Å². The standard InChI is InChI=1S/C23H17FN2O/c1-14-5-10-19-18-3-2-4-20(22(18)27-23(19)26-14)21-13-16(11-12-25-21)15-6-8-17(24)9-7-15/h2-13,21,25H,1H3. The van der Waals surface area contributed by atoms with E-state index < -0.39 is 0 Å². The Morgan fingerprint density at radius 3 is 2.70 bits per heavy atom. The largest absolute Gasteiger partial charge is 0.437 e. The Labute approximate surface area is 155 Å². The molecule has 0 bridgehead atoms. The zero-order valence-corrected chi connectivity index (χ0v) is 14.7. The molecule has 1 N–H and O–H groups in total. The molecule has 4 aromatic rings. The fourth-order valence-corrected chi connectivity index (χ4v) is 3.58. The van der Waals surface area contributed by atoms with Crippen LogP contribution in [0.4, 0.5) is 4.39 Å². The zero-order valence-electron chi connectivity index (χ0n) is 14.7. The molecule has 0 fully saturated rings. The van der Waals surface area contributed by atoms with Crippen LogP contribution in [0.5, 0.6) is 0 Å². The second kappa shape index (κ2) is 6.09. The average Bonchev–Trinajstić information content (AvgIpc) is 3.06. The second-order valence-electron chi connectivity index (χ2n) is 6.74. The van der Waals surface area contributed by atoms with Crippen LogP contribution in [0.15, 0.2) is 77.4 Å². The van der Waals surface area contributed by atoms with Crippen molar-refractivity contribution in [1.29, 1.82) is 0 Å². The molecule has 0 amide bonds. The molecule has 27 heavy (non-hydrogen) atoms. The van der Waals surface area contributed by atoms with Crippen molar-refractivity contribution < 1.29 is 8.81 Å². The Bertz CT molecular complexity index is 1220. The molecule has 0 aliphatic carbocycles. The van der Waals surface area contributed by atoms with Gasteiger partial charge in [0.25, 0.3) is 0 Å². The first-order valence-electron chi connectivity index (χ1n) is 8.88. The molecule has 4 heteroatoms. The molecule has 0 spiro atoms. The van der Waals surface area contributed by atoms with E-state index in [2.05, 4.69) is 34.6 Å². The van der Waals surface area contributed by atoms with Gasteiger partial charge in [-0.15, -0.1) is 0 Å². The van der Waals surface area contributed by atoms with Crippen LogP contribution in [-0.2, 0) is 0 Å². The fourth-order valence-electron chi connectivity index (χ4n) is 3.58. The fraction of sp³-hybridized carbons (Fsp3) is 0.0870. The van der Waals surface area contributed by atoms with Crippen molar-refractivity contribution in [3.63, 3.8) is 0 Å². The minimum atomic E-state index is -0.233. The summed E-state index contributed by atoms with van der Waals surface area (Å²) < 4.78 is 19.4. The van der Waals surface area contributed by atoms with Crippen molar-refractivity contribution >= 4 is 27.6 Å². The van der Waals surface area contributed by atoms with Crippen LogP contribution in [0, 0.1) is 12.7 Å². The maximum Gasteiger partial charge on any atom is 0.227 e. The van der Waals surface area contributed by atoms with E-state index >= 15 is 0 Å². The van der Waals surface area contributed by atoms with Gasteiger partial charge >= 0.3 is 0 Å². The minimum Gasteiger partial charge on any atom is -0.437 e. The highest BCUT2D eigenvalue weighted by atomic mass is 19.1. The Morgan fingerprint density at radius 2 is 1.85 bits per heavy atom. The highest BCUT2D eigenvalue weighted by Crippen LogP contribution is 2.35. The van der Waals surface area contributed by atoms with Crippen molar-refractivity contribution in [2.45, 2.75) is 13.0 Å². The summed E-state index contributed by atoms with van der Waals surface area (Å²) in [6.07, 6.45) is 6.05. The SMILES string of the molecule is Cc1ccc2c(n1)oc1c(C3C=C(c4ccc(F)cc4)C=CN3)cccc12. The average molecular weight is 356 g/mol. The number of hydrogen-bond acceptors (Lipinski definition) is 3. The first-order valence-corrected chi connectivity index (χ1v) is 8.88. The first-order chi connectivity index (χ1) is 13.2. The first kappa shape index (κ1) is 15.8. The van der Waals surface area contributed by atoms with Gasteiger partial charge in [-0.05, 0) is 60.7 Å². The number of furan rings is 1. The van der Waals surface area contributed by atoms with Gasteiger partial charge < -0.3 is 9.73 Å². The molecule has 2 aromatic carbocycles. The predicted octanol–water partition coefficient (Wildman–Crippen LogP) is 5.67. The van der Waals surface area contributed by atoms with Gasteiger partial charge in [0, 0.05) is 22.0 Å². The number of hydrogen-bond donors (Lipinski definition) is 1. The summed E-state index contributed by atoms with van der Waals surface area (Å²) in [4.78, 5) is 4.52. The van der Waals surface area contributed by atoms with E-state index in [1.165, 1.54) is 12.1 Å². The number of aryl methyl sites for hydroxylation is 1. The summed E-state index contributed by atoms with van der Waals surface area (Å²) in [5.41, 5.74) is 5.50. The molecule has 132 valence electrons. The molecule has 1 aliphatic heterocycles. The Kier molecular flexibility index (Phi) is 3.57. The van der Waals surface area contributed by atoms with Gasteiger partial charge in [0.15, 0.2) is 0 Å². The lowest BCUT2D eigenvalue weighted by molar-refractivity contribution is 0.627. The van der Waals surface area contributed by atoms with Crippen molar-refractivity contribution in [2.75, 3.05) is 0 Å². The molecule has 5 rings (SSSR count). The summed E-state index contributed by atoms with van der Waals surface area (Å²) in [7, 11) is 0. The van der Waals surface area contributed by atoms with E-state index in [-0.39, 0.29) is 11.9 Å². The molecular weight excluding hydrogens is 339 g/mol. The minimum absolute atomic E-state index is 0.0413. The quantitative estimate of drug-likeness (QED) is 0.503. The molecule has 0 saturated carbocycles. The van der Waals surface area contributed by atoms with Gasteiger partial charge in [-0.3, -0.25) is 0 Å². The highest BCUT2D eigenvalue weighted by Gasteiger charge is 2.19. The third kappa shape index (κ3) is 2.70. The number of para-hydroxylation sites is 1. The topological polar surface area (TPSA) is 38.1 Å². The van der Waals surface area contributed by atoms with Crippen LogP contribution in [0.3, 0.4) is 0 Å². The summed E-state index contributed by atoms with van der Waals surface area (Å²) in [6, 6.07) is 16.7. The number of fused-ring (bicyclic) bond motifs is 3. The lowest BCUT2D eigenvalue weighted by Crippen LogP contribution is -2.16. The van der Waals surface area contributed by atoms with Crippen molar-refractivity contribution in [3.8, 4) is 0 Å². The van der Waals surface area contributed by atoms with Crippen LogP contribution in [0.2, 0.25) is 0 Å². The van der Waals surface area contributed by atoms with Crippen molar-refractivity contribution in [3.05, 3.63) is 95.6 Å². The molecule has 3 nitrogen and oxygen atoms in total. The van der Waals surface area contributed by atoms with Gasteiger partial charge in [0.05, 0.1) is 6.04 Å². The summed E-state index contributed by atoms with van der Waals surface area (Å²) >= 11 is 0. The number of dihydropyridines is 1. The maximum atomic E-state index is 13.2. The van der Waals surface area contributed by atoms with E-state index in [0.717, 1.165) is 38.7 Å². The van der Waals surface area contributed by atoms with E-state index in [1.54, 1.807) is 12.1 Å². The third-order valence-electron chi connectivity index (χ3n) is 4.93. The summed E-state index contributed by atoms with van der Waals surface area (Å²) in [5, 5.41) is 5.46. The number of nitrogens with one attached hydrogen (secondary N) is 1.